The van der Waals surface area contributed by atoms with Crippen molar-refractivity contribution in [3.8, 4) is 0 Å². The van der Waals surface area contributed by atoms with Gasteiger partial charge in [-0.3, -0.25) is 0 Å². The van der Waals surface area contributed by atoms with Crippen LogP contribution in [0, 0.1) is 11.8 Å². The van der Waals surface area contributed by atoms with Crippen LogP contribution < -0.4 is 0 Å². The van der Waals surface area contributed by atoms with Crippen molar-refractivity contribution in [2.45, 2.75) is 61.5 Å². The van der Waals surface area contributed by atoms with E-state index in [4.69, 9.17) is 23.7 Å². The van der Waals surface area contributed by atoms with Crippen molar-refractivity contribution in [2.75, 3.05) is 19.8 Å². The number of hydrogen-bond acceptors (Lipinski definition) is 12. The van der Waals surface area contributed by atoms with Crippen molar-refractivity contribution in [2.24, 2.45) is 11.8 Å². The summed E-state index contributed by atoms with van der Waals surface area (Å²) in [6, 6.07) is 0. The highest BCUT2D eigenvalue weighted by Crippen LogP contribution is 2.21. The van der Waals surface area contributed by atoms with Crippen LogP contribution in [0.25, 0.3) is 0 Å². The highest BCUT2D eigenvalue weighted by Gasteiger charge is 2.30. The third-order valence-corrected chi connectivity index (χ3v) is 4.52. The molecule has 0 saturated heterocycles. The first-order valence-electron chi connectivity index (χ1n) is 12.1. The summed E-state index contributed by atoms with van der Waals surface area (Å²) in [7, 11) is 0. The maximum Gasteiger partial charge on any atom is 0.375 e. The van der Waals surface area contributed by atoms with Gasteiger partial charge in [0.2, 0.25) is 11.5 Å². The quantitative estimate of drug-likeness (QED) is 0.137. The van der Waals surface area contributed by atoms with Crippen LogP contribution in [0.4, 0.5) is 0 Å². The van der Waals surface area contributed by atoms with E-state index in [1.165, 1.54) is 13.8 Å². The highest BCUT2D eigenvalue weighted by atomic mass is 16.6. The molecule has 0 aromatic heterocycles. The molecule has 0 saturated carbocycles. The lowest BCUT2D eigenvalue weighted by molar-refractivity contribution is -0.155. The zero-order valence-corrected chi connectivity index (χ0v) is 23.0. The summed E-state index contributed by atoms with van der Waals surface area (Å²) in [4.78, 5) is 73.7. The Morgan fingerprint density at radius 2 is 1.13 bits per heavy atom. The van der Waals surface area contributed by atoms with Crippen LogP contribution in [-0.2, 0) is 57.2 Å². The van der Waals surface area contributed by atoms with E-state index in [0.717, 1.165) is 0 Å². The molecule has 0 radical (unpaired) electrons. The van der Waals surface area contributed by atoms with Crippen molar-refractivity contribution in [1.29, 1.82) is 0 Å². The van der Waals surface area contributed by atoms with E-state index in [-0.39, 0.29) is 31.3 Å². The number of carbonyl (C=O) groups excluding carboxylic acids is 6. The third kappa shape index (κ3) is 12.3. The Balaban J connectivity index is 5.99. The van der Waals surface area contributed by atoms with E-state index in [9.17, 15) is 28.8 Å². The molecule has 1 unspecified atom stereocenters. The van der Waals surface area contributed by atoms with Gasteiger partial charge >= 0.3 is 35.8 Å². The van der Waals surface area contributed by atoms with Gasteiger partial charge in [-0.15, -0.1) is 0 Å². The zero-order chi connectivity index (χ0) is 29.4. The first-order chi connectivity index (χ1) is 17.8. The molecule has 38 heavy (non-hydrogen) atoms. The van der Waals surface area contributed by atoms with Crippen molar-refractivity contribution in [3.63, 3.8) is 0 Å². The number of rotatable bonds is 14. The monoisotopic (exact) mass is 540 g/mol. The van der Waals surface area contributed by atoms with Gasteiger partial charge in [0.05, 0.1) is 31.5 Å². The predicted molar refractivity (Wildman–Crippen MR) is 132 cm³/mol. The average molecular weight is 541 g/mol. The Kier molecular flexibility index (Phi) is 15.7. The van der Waals surface area contributed by atoms with Gasteiger partial charge in [-0.2, -0.15) is 0 Å². The van der Waals surface area contributed by atoms with Crippen LogP contribution in [0.2, 0.25) is 0 Å². The second-order valence-corrected chi connectivity index (χ2v) is 8.13. The maximum absolute atomic E-state index is 12.8. The first kappa shape index (κ1) is 34.0. The lowest BCUT2D eigenvalue weighted by atomic mass is 10.0. The van der Waals surface area contributed by atoms with Gasteiger partial charge in [0, 0.05) is 12.2 Å². The Morgan fingerprint density at radius 3 is 1.61 bits per heavy atom. The fourth-order valence-corrected chi connectivity index (χ4v) is 2.40. The summed E-state index contributed by atoms with van der Waals surface area (Å²) < 4.78 is 29.6. The molecule has 0 aliphatic heterocycles. The van der Waals surface area contributed by atoms with E-state index in [1.807, 2.05) is 0 Å². The molecule has 0 fully saturated rings. The molecule has 12 nitrogen and oxygen atoms in total. The Labute approximate surface area is 221 Å². The standard InChI is InChI=1S/C26H36O12/c1-9-33-21(29)14-18(24(30)34-10-2)37-19(27)12-13-20(28)38-23(26(32)36-17(8)15(4)5)22(16(6)7)25(31)35-11-3/h12-17H,9-11H2,1-8H3/b13-12+,18-14+,23-22+. The molecule has 1 atom stereocenters. The average Bonchev–Trinajstić information content (AvgIpc) is 2.82. The van der Waals surface area contributed by atoms with Crippen molar-refractivity contribution in [1.82, 2.24) is 0 Å². The fraction of sp³-hybridized carbons (Fsp3) is 0.538. The molecular weight excluding hydrogens is 504 g/mol. The van der Waals surface area contributed by atoms with Crippen LogP contribution in [0.3, 0.4) is 0 Å². The fourth-order valence-electron chi connectivity index (χ4n) is 2.40. The molecule has 0 aliphatic rings. The SMILES string of the molecule is CCOC(=O)/C=C(/OC(=O)/C=C/C(=O)O/C(C(=O)OC(C)C(C)C)=C(/C(=O)OCC)C(C)C)C(=O)OCC. The molecule has 0 bridgehead atoms. The van der Waals surface area contributed by atoms with Gasteiger partial charge in [-0.1, -0.05) is 27.7 Å². The largest absolute Gasteiger partial charge is 0.463 e. The van der Waals surface area contributed by atoms with Gasteiger partial charge < -0.3 is 28.4 Å². The zero-order valence-electron chi connectivity index (χ0n) is 23.0. The smallest absolute Gasteiger partial charge is 0.375 e. The normalized spacial score (nSPS) is 12.9. The molecule has 0 amide bonds. The Hall–Kier alpha value is -3.96. The summed E-state index contributed by atoms with van der Waals surface area (Å²) >= 11 is 0. The van der Waals surface area contributed by atoms with E-state index >= 15 is 0 Å². The van der Waals surface area contributed by atoms with Crippen LogP contribution in [-0.4, -0.2) is 61.7 Å². The number of esters is 6. The van der Waals surface area contributed by atoms with Crippen LogP contribution in [0.1, 0.15) is 55.4 Å². The molecular formula is C26H36O12. The summed E-state index contributed by atoms with van der Waals surface area (Å²) in [5.41, 5.74) is -0.237. The lowest BCUT2D eigenvalue weighted by Crippen LogP contribution is -2.27. The molecule has 0 aliphatic carbocycles. The summed E-state index contributed by atoms with van der Waals surface area (Å²) in [5, 5.41) is 0. The van der Waals surface area contributed by atoms with Crippen LogP contribution >= 0.6 is 0 Å². The van der Waals surface area contributed by atoms with Gasteiger partial charge in [0.1, 0.15) is 6.10 Å². The van der Waals surface area contributed by atoms with Crippen molar-refractivity contribution >= 4 is 35.8 Å². The van der Waals surface area contributed by atoms with E-state index in [2.05, 4.69) is 4.74 Å². The topological polar surface area (TPSA) is 158 Å². The van der Waals surface area contributed by atoms with Crippen LogP contribution in [0.5, 0.6) is 0 Å². The molecule has 0 spiro atoms. The van der Waals surface area contributed by atoms with Gasteiger partial charge in [-0.05, 0) is 39.5 Å². The molecule has 12 heteroatoms. The molecule has 0 aromatic rings. The van der Waals surface area contributed by atoms with Gasteiger partial charge in [-0.25, -0.2) is 28.8 Å². The van der Waals surface area contributed by atoms with E-state index in [1.54, 1.807) is 41.5 Å². The summed E-state index contributed by atoms with van der Waals surface area (Å²) in [5.74, 6) is -8.67. The molecule has 0 aromatic carbocycles. The summed E-state index contributed by atoms with van der Waals surface area (Å²) in [6.07, 6.45) is 1.22. The van der Waals surface area contributed by atoms with Gasteiger partial charge in [0.15, 0.2) is 0 Å². The first-order valence-corrected chi connectivity index (χ1v) is 12.1. The molecule has 0 N–H and O–H groups in total. The second kappa shape index (κ2) is 17.5. The lowest BCUT2D eigenvalue weighted by Gasteiger charge is -2.20. The van der Waals surface area contributed by atoms with Crippen molar-refractivity contribution in [3.05, 3.63) is 35.3 Å². The van der Waals surface area contributed by atoms with Gasteiger partial charge in [0.25, 0.3) is 0 Å². The molecule has 0 rings (SSSR count). The maximum atomic E-state index is 12.8. The Morgan fingerprint density at radius 1 is 0.632 bits per heavy atom. The van der Waals surface area contributed by atoms with E-state index in [0.29, 0.717) is 18.2 Å². The van der Waals surface area contributed by atoms with Crippen LogP contribution in [0.15, 0.2) is 35.3 Å². The minimum Gasteiger partial charge on any atom is -0.463 e. The summed E-state index contributed by atoms with van der Waals surface area (Å²) in [6.45, 7) is 12.9. The molecule has 0 heterocycles. The van der Waals surface area contributed by atoms with E-state index < -0.39 is 59.4 Å². The molecule has 212 valence electrons. The Bertz CT molecular complexity index is 969. The minimum absolute atomic E-state index is 0.00157. The third-order valence-electron chi connectivity index (χ3n) is 4.52. The second-order valence-electron chi connectivity index (χ2n) is 8.13. The minimum atomic E-state index is -1.25. The number of carbonyl (C=O) groups is 6. The number of ether oxygens (including phenoxy) is 6. The highest BCUT2D eigenvalue weighted by molar-refractivity contribution is 6.03. The van der Waals surface area contributed by atoms with Crippen molar-refractivity contribution < 1.29 is 57.2 Å². The predicted octanol–water partition coefficient (Wildman–Crippen LogP) is 2.70. The number of hydrogen-bond donors (Lipinski definition) is 0.